The molecular weight excluding hydrogens is 318 g/mol. The summed E-state index contributed by atoms with van der Waals surface area (Å²) in [5.74, 6) is 0.210. The maximum Gasteiger partial charge on any atom is 0.276 e. The van der Waals surface area contributed by atoms with E-state index in [1.807, 2.05) is 48.5 Å². The summed E-state index contributed by atoms with van der Waals surface area (Å²) in [5, 5.41) is 0. The van der Waals surface area contributed by atoms with Gasteiger partial charge in [-0.3, -0.25) is 9.78 Å². The zero-order valence-corrected chi connectivity index (χ0v) is 14.0. The number of benzene rings is 1. The van der Waals surface area contributed by atoms with Crippen LogP contribution < -0.4 is 0 Å². The summed E-state index contributed by atoms with van der Waals surface area (Å²) in [6, 6.07) is 15.1. The lowest BCUT2D eigenvalue weighted by molar-refractivity contribution is 0.0672. The van der Waals surface area contributed by atoms with Crippen molar-refractivity contribution in [2.45, 2.75) is 6.54 Å². The molecule has 0 spiro atoms. The molecule has 0 atom stereocenters. The van der Waals surface area contributed by atoms with Gasteiger partial charge >= 0.3 is 0 Å². The van der Waals surface area contributed by atoms with Crippen molar-refractivity contribution >= 4 is 5.91 Å². The van der Waals surface area contributed by atoms with Gasteiger partial charge < -0.3 is 14.1 Å². The average molecular weight is 337 g/mol. The van der Waals surface area contributed by atoms with E-state index in [-0.39, 0.29) is 11.6 Å². The van der Waals surface area contributed by atoms with Crippen molar-refractivity contribution in [1.29, 1.82) is 0 Å². The summed E-state index contributed by atoms with van der Waals surface area (Å²) in [6.07, 6.45) is 3.10. The van der Waals surface area contributed by atoms with Crippen molar-refractivity contribution in [1.82, 2.24) is 14.9 Å². The van der Waals surface area contributed by atoms with Gasteiger partial charge in [-0.2, -0.15) is 0 Å². The van der Waals surface area contributed by atoms with E-state index in [2.05, 4.69) is 9.97 Å². The van der Waals surface area contributed by atoms with Crippen LogP contribution in [0.4, 0.5) is 0 Å². The van der Waals surface area contributed by atoms with Crippen molar-refractivity contribution in [3.05, 3.63) is 72.4 Å². The molecule has 0 bridgehead atoms. The molecule has 1 amide bonds. The second-order valence-corrected chi connectivity index (χ2v) is 5.44. The molecule has 25 heavy (non-hydrogen) atoms. The van der Waals surface area contributed by atoms with Crippen LogP contribution in [0.15, 0.2) is 65.4 Å². The molecule has 0 aliphatic carbocycles. The van der Waals surface area contributed by atoms with Crippen LogP contribution in [-0.4, -0.2) is 41.0 Å². The average Bonchev–Trinajstić information content (AvgIpc) is 3.16. The number of hydrogen-bond acceptors (Lipinski definition) is 5. The summed E-state index contributed by atoms with van der Waals surface area (Å²) in [4.78, 5) is 23.1. The molecule has 0 saturated carbocycles. The zero-order chi connectivity index (χ0) is 17.5. The van der Waals surface area contributed by atoms with Gasteiger partial charge in [0.1, 0.15) is 6.26 Å². The van der Waals surface area contributed by atoms with Crippen molar-refractivity contribution < 1.29 is 13.9 Å². The lowest BCUT2D eigenvalue weighted by Crippen LogP contribution is -2.34. The highest BCUT2D eigenvalue weighted by molar-refractivity contribution is 5.92. The van der Waals surface area contributed by atoms with Crippen LogP contribution in [0.3, 0.4) is 0 Å². The van der Waals surface area contributed by atoms with E-state index in [4.69, 9.17) is 9.15 Å². The van der Waals surface area contributed by atoms with Gasteiger partial charge in [0, 0.05) is 25.4 Å². The van der Waals surface area contributed by atoms with E-state index in [9.17, 15) is 4.79 Å². The van der Waals surface area contributed by atoms with Crippen LogP contribution >= 0.6 is 0 Å². The van der Waals surface area contributed by atoms with E-state index in [1.54, 1.807) is 18.2 Å². The van der Waals surface area contributed by atoms with Crippen molar-refractivity contribution in [2.24, 2.45) is 0 Å². The standard InChI is InChI=1S/C19H19N3O3/c1-24-12-11-22(13-16-9-5-6-10-20-16)19(23)17-14-25-18(21-17)15-7-3-2-4-8-15/h2-10,14H,11-13H2,1H3. The number of rotatable bonds is 7. The Kier molecular flexibility index (Phi) is 5.53. The van der Waals surface area contributed by atoms with Crippen LogP contribution in [-0.2, 0) is 11.3 Å². The molecule has 0 unspecified atom stereocenters. The first-order valence-corrected chi connectivity index (χ1v) is 7.97. The predicted octanol–water partition coefficient (Wildman–Crippen LogP) is 3.03. The maximum atomic E-state index is 12.8. The second-order valence-electron chi connectivity index (χ2n) is 5.44. The summed E-state index contributed by atoms with van der Waals surface area (Å²) in [6.45, 7) is 1.26. The molecule has 0 N–H and O–H groups in total. The van der Waals surface area contributed by atoms with Gasteiger partial charge in [0.15, 0.2) is 5.69 Å². The van der Waals surface area contributed by atoms with Crippen molar-refractivity contribution in [2.75, 3.05) is 20.3 Å². The molecular formula is C19H19N3O3. The summed E-state index contributed by atoms with van der Waals surface area (Å²) < 4.78 is 10.6. The van der Waals surface area contributed by atoms with E-state index in [0.717, 1.165) is 11.3 Å². The Morgan fingerprint density at radius 2 is 1.96 bits per heavy atom. The molecule has 0 fully saturated rings. The third-order valence-corrected chi connectivity index (χ3v) is 3.68. The van der Waals surface area contributed by atoms with Gasteiger partial charge in [0.05, 0.1) is 18.8 Å². The summed E-state index contributed by atoms with van der Waals surface area (Å²) >= 11 is 0. The monoisotopic (exact) mass is 337 g/mol. The molecule has 3 aromatic rings. The number of nitrogens with zero attached hydrogens (tertiary/aromatic N) is 3. The largest absolute Gasteiger partial charge is 0.444 e. The Morgan fingerprint density at radius 1 is 1.16 bits per heavy atom. The Balaban J connectivity index is 1.78. The summed E-state index contributed by atoms with van der Waals surface area (Å²) in [5.41, 5.74) is 1.90. The first-order valence-electron chi connectivity index (χ1n) is 7.97. The smallest absolute Gasteiger partial charge is 0.276 e. The number of oxazole rings is 1. The Morgan fingerprint density at radius 3 is 2.68 bits per heavy atom. The SMILES string of the molecule is COCCN(Cc1ccccn1)C(=O)c1coc(-c2ccccc2)n1. The molecule has 6 heteroatoms. The van der Waals surface area contributed by atoms with Crippen molar-refractivity contribution in [3.63, 3.8) is 0 Å². The molecule has 1 aromatic carbocycles. The normalized spacial score (nSPS) is 10.6. The quantitative estimate of drug-likeness (QED) is 0.663. The molecule has 2 aromatic heterocycles. The molecule has 0 saturated heterocycles. The molecule has 128 valence electrons. The highest BCUT2D eigenvalue weighted by Crippen LogP contribution is 2.19. The Hall–Kier alpha value is -2.99. The minimum Gasteiger partial charge on any atom is -0.444 e. The third-order valence-electron chi connectivity index (χ3n) is 3.68. The van der Waals surface area contributed by atoms with Gasteiger partial charge in [-0.1, -0.05) is 24.3 Å². The molecule has 2 heterocycles. The number of carbonyl (C=O) groups is 1. The molecule has 0 aliphatic rings. The highest BCUT2D eigenvalue weighted by atomic mass is 16.5. The van der Waals surface area contributed by atoms with Crippen LogP contribution in [0.2, 0.25) is 0 Å². The van der Waals surface area contributed by atoms with Gasteiger partial charge in [0.2, 0.25) is 5.89 Å². The fourth-order valence-electron chi connectivity index (χ4n) is 2.39. The number of ether oxygens (including phenoxy) is 1. The van der Waals surface area contributed by atoms with Crippen molar-refractivity contribution in [3.8, 4) is 11.5 Å². The fourth-order valence-corrected chi connectivity index (χ4v) is 2.39. The van der Waals surface area contributed by atoms with Gasteiger partial charge in [-0.15, -0.1) is 0 Å². The first kappa shape index (κ1) is 16.9. The van der Waals surface area contributed by atoms with Gasteiger partial charge in [-0.05, 0) is 24.3 Å². The Labute approximate surface area is 146 Å². The van der Waals surface area contributed by atoms with E-state index < -0.39 is 0 Å². The topological polar surface area (TPSA) is 68.5 Å². The molecule has 0 aliphatic heterocycles. The Bertz CT molecular complexity index is 803. The molecule has 6 nitrogen and oxygen atoms in total. The summed E-state index contributed by atoms with van der Waals surface area (Å²) in [7, 11) is 1.60. The van der Waals surface area contributed by atoms with E-state index in [0.29, 0.717) is 25.6 Å². The zero-order valence-electron chi connectivity index (χ0n) is 14.0. The molecule has 3 rings (SSSR count). The minimum atomic E-state index is -0.214. The number of aromatic nitrogens is 2. The molecule has 0 radical (unpaired) electrons. The van der Waals surface area contributed by atoms with Gasteiger partial charge in [0.25, 0.3) is 5.91 Å². The second kappa shape index (κ2) is 8.21. The highest BCUT2D eigenvalue weighted by Gasteiger charge is 2.20. The lowest BCUT2D eigenvalue weighted by Gasteiger charge is -2.20. The van der Waals surface area contributed by atoms with Crippen LogP contribution in [0.25, 0.3) is 11.5 Å². The minimum absolute atomic E-state index is 0.214. The number of carbonyl (C=O) groups excluding carboxylic acids is 1. The number of amides is 1. The third kappa shape index (κ3) is 4.30. The maximum absolute atomic E-state index is 12.8. The predicted molar refractivity (Wildman–Crippen MR) is 92.8 cm³/mol. The van der Waals surface area contributed by atoms with Gasteiger partial charge in [-0.25, -0.2) is 4.98 Å². The lowest BCUT2D eigenvalue weighted by atomic mass is 10.2. The number of hydrogen-bond donors (Lipinski definition) is 0. The fraction of sp³-hybridized carbons (Fsp3) is 0.211. The first-order chi connectivity index (χ1) is 12.3. The number of pyridine rings is 1. The van der Waals surface area contributed by atoms with Crippen LogP contribution in [0.5, 0.6) is 0 Å². The van der Waals surface area contributed by atoms with Crippen LogP contribution in [0, 0.1) is 0 Å². The number of methoxy groups -OCH3 is 1. The van der Waals surface area contributed by atoms with Crippen LogP contribution in [0.1, 0.15) is 16.2 Å². The van der Waals surface area contributed by atoms with E-state index >= 15 is 0 Å². The van der Waals surface area contributed by atoms with E-state index in [1.165, 1.54) is 6.26 Å².